The fraction of sp³-hybridized carbons (Fsp3) is 0.389. The van der Waals surface area contributed by atoms with E-state index in [0.717, 1.165) is 43.5 Å². The third-order valence-electron chi connectivity index (χ3n) is 4.11. The number of nitrogens with one attached hydrogen (secondary N) is 1. The summed E-state index contributed by atoms with van der Waals surface area (Å²) in [4.78, 5) is 15.5. The zero-order valence-corrected chi connectivity index (χ0v) is 16.7. The first-order chi connectivity index (χ1) is 12.6. The first-order valence-corrected chi connectivity index (χ1v) is 10.2. The van der Waals surface area contributed by atoms with E-state index in [1.54, 1.807) is 12.1 Å². The zero-order chi connectivity index (χ0) is 18.5. The SMILES string of the molecule is CSc1cc(C(=O)NCc2ccc(CN3CCOCC3)o2)c(Cl)cc1Cl. The highest BCUT2D eigenvalue weighted by Gasteiger charge is 2.16. The molecule has 0 radical (unpaired) electrons. The number of carbonyl (C=O) groups is 1. The highest BCUT2D eigenvalue weighted by molar-refractivity contribution is 7.98. The number of rotatable bonds is 6. The van der Waals surface area contributed by atoms with Crippen molar-refractivity contribution in [1.82, 2.24) is 10.2 Å². The van der Waals surface area contributed by atoms with E-state index < -0.39 is 0 Å². The van der Waals surface area contributed by atoms with Gasteiger partial charge in [0.1, 0.15) is 11.5 Å². The molecule has 1 aromatic carbocycles. The first kappa shape index (κ1) is 19.6. The van der Waals surface area contributed by atoms with Crippen LogP contribution in [0.5, 0.6) is 0 Å². The molecule has 2 aromatic rings. The second kappa shape index (κ2) is 9.15. The average Bonchev–Trinajstić information content (AvgIpc) is 3.08. The minimum atomic E-state index is -0.256. The molecule has 2 heterocycles. The maximum Gasteiger partial charge on any atom is 0.253 e. The largest absolute Gasteiger partial charge is 0.463 e. The second-order valence-electron chi connectivity index (χ2n) is 5.91. The second-order valence-corrected chi connectivity index (χ2v) is 7.57. The van der Waals surface area contributed by atoms with Crippen LogP contribution < -0.4 is 5.32 Å². The quantitative estimate of drug-likeness (QED) is 0.721. The molecule has 1 aliphatic heterocycles. The zero-order valence-electron chi connectivity index (χ0n) is 14.4. The Hall–Kier alpha value is -1.18. The lowest BCUT2D eigenvalue weighted by molar-refractivity contribution is 0.0312. The van der Waals surface area contributed by atoms with Crippen molar-refractivity contribution in [3.63, 3.8) is 0 Å². The van der Waals surface area contributed by atoms with Crippen LogP contribution in [0.4, 0.5) is 0 Å². The topological polar surface area (TPSA) is 54.7 Å². The van der Waals surface area contributed by atoms with Gasteiger partial charge < -0.3 is 14.5 Å². The minimum Gasteiger partial charge on any atom is -0.463 e. The lowest BCUT2D eigenvalue weighted by Gasteiger charge is -2.25. The van der Waals surface area contributed by atoms with E-state index in [1.807, 2.05) is 18.4 Å². The highest BCUT2D eigenvalue weighted by Crippen LogP contribution is 2.31. The number of hydrogen-bond acceptors (Lipinski definition) is 5. The molecule has 0 saturated carbocycles. The molecule has 140 valence electrons. The molecule has 1 amide bonds. The van der Waals surface area contributed by atoms with Gasteiger partial charge in [-0.3, -0.25) is 9.69 Å². The van der Waals surface area contributed by atoms with E-state index >= 15 is 0 Å². The van der Waals surface area contributed by atoms with Crippen LogP contribution in [-0.4, -0.2) is 43.4 Å². The molecular weight excluding hydrogens is 395 g/mol. The Bertz CT molecular complexity index is 776. The van der Waals surface area contributed by atoms with E-state index in [4.69, 9.17) is 32.4 Å². The van der Waals surface area contributed by atoms with Crippen LogP contribution in [0.2, 0.25) is 10.0 Å². The number of ether oxygens (including phenoxy) is 1. The molecule has 26 heavy (non-hydrogen) atoms. The van der Waals surface area contributed by atoms with Gasteiger partial charge in [-0.25, -0.2) is 0 Å². The van der Waals surface area contributed by atoms with Crippen molar-refractivity contribution in [2.45, 2.75) is 18.0 Å². The van der Waals surface area contributed by atoms with Crippen LogP contribution in [0.15, 0.2) is 33.6 Å². The molecule has 1 N–H and O–H groups in total. The van der Waals surface area contributed by atoms with Crippen LogP contribution in [0.1, 0.15) is 21.9 Å². The van der Waals surface area contributed by atoms with E-state index in [2.05, 4.69) is 10.2 Å². The fourth-order valence-electron chi connectivity index (χ4n) is 2.70. The van der Waals surface area contributed by atoms with Gasteiger partial charge in [0.25, 0.3) is 5.91 Å². The van der Waals surface area contributed by atoms with Gasteiger partial charge in [-0.1, -0.05) is 23.2 Å². The first-order valence-electron chi connectivity index (χ1n) is 8.25. The average molecular weight is 415 g/mol. The van der Waals surface area contributed by atoms with Crippen LogP contribution in [0.25, 0.3) is 0 Å². The molecule has 1 aliphatic rings. The van der Waals surface area contributed by atoms with Crippen LogP contribution in [0.3, 0.4) is 0 Å². The summed E-state index contributed by atoms with van der Waals surface area (Å²) in [5.74, 6) is 1.33. The Kier molecular flexibility index (Phi) is 6.89. The fourth-order valence-corrected chi connectivity index (χ4v) is 3.89. The van der Waals surface area contributed by atoms with Crippen molar-refractivity contribution >= 4 is 40.9 Å². The number of benzene rings is 1. The summed E-state index contributed by atoms with van der Waals surface area (Å²) >= 11 is 13.7. The Morgan fingerprint density at radius 2 is 1.92 bits per heavy atom. The third kappa shape index (κ3) is 4.96. The number of morpholine rings is 1. The van der Waals surface area contributed by atoms with E-state index in [0.29, 0.717) is 27.9 Å². The Morgan fingerprint density at radius 3 is 2.65 bits per heavy atom. The van der Waals surface area contributed by atoms with E-state index in [9.17, 15) is 4.79 Å². The van der Waals surface area contributed by atoms with Crippen molar-refractivity contribution in [3.05, 3.63) is 51.4 Å². The lowest BCUT2D eigenvalue weighted by Crippen LogP contribution is -2.35. The van der Waals surface area contributed by atoms with E-state index in [1.165, 1.54) is 11.8 Å². The van der Waals surface area contributed by atoms with Gasteiger partial charge in [-0.05, 0) is 30.5 Å². The molecule has 1 fully saturated rings. The molecule has 8 heteroatoms. The number of furan rings is 1. The third-order valence-corrected chi connectivity index (χ3v) is 5.62. The molecule has 0 spiro atoms. The predicted molar refractivity (Wildman–Crippen MR) is 104 cm³/mol. The van der Waals surface area contributed by atoms with Crippen molar-refractivity contribution in [3.8, 4) is 0 Å². The number of nitrogens with zero attached hydrogens (tertiary/aromatic N) is 1. The number of halogens is 2. The smallest absolute Gasteiger partial charge is 0.253 e. The predicted octanol–water partition coefficient (Wildman–Crippen LogP) is 4.07. The molecule has 5 nitrogen and oxygen atoms in total. The Morgan fingerprint density at radius 1 is 1.19 bits per heavy atom. The summed E-state index contributed by atoms with van der Waals surface area (Å²) < 4.78 is 11.2. The van der Waals surface area contributed by atoms with Gasteiger partial charge in [0.2, 0.25) is 0 Å². The maximum atomic E-state index is 12.4. The number of amides is 1. The monoisotopic (exact) mass is 414 g/mol. The van der Waals surface area contributed by atoms with Gasteiger partial charge in [-0.15, -0.1) is 11.8 Å². The standard InChI is InChI=1S/C18H20Cl2N2O3S/c1-26-17-8-14(15(19)9-16(17)20)18(23)21-10-12-2-3-13(25-12)11-22-4-6-24-7-5-22/h2-3,8-9H,4-7,10-11H2,1H3,(H,21,23). The molecule has 0 unspecified atom stereocenters. The highest BCUT2D eigenvalue weighted by atomic mass is 35.5. The minimum absolute atomic E-state index is 0.256. The van der Waals surface area contributed by atoms with Crippen molar-refractivity contribution < 1.29 is 13.9 Å². The maximum absolute atomic E-state index is 12.4. The molecule has 0 atom stereocenters. The van der Waals surface area contributed by atoms with Crippen LogP contribution >= 0.6 is 35.0 Å². The van der Waals surface area contributed by atoms with Crippen LogP contribution in [-0.2, 0) is 17.8 Å². The normalized spacial score (nSPS) is 15.2. The lowest BCUT2D eigenvalue weighted by atomic mass is 10.2. The van der Waals surface area contributed by atoms with Crippen molar-refractivity contribution in [2.75, 3.05) is 32.6 Å². The van der Waals surface area contributed by atoms with Gasteiger partial charge in [0.15, 0.2) is 0 Å². The van der Waals surface area contributed by atoms with Gasteiger partial charge in [-0.2, -0.15) is 0 Å². The summed E-state index contributed by atoms with van der Waals surface area (Å²) in [6, 6.07) is 7.12. The van der Waals surface area contributed by atoms with Crippen molar-refractivity contribution in [2.24, 2.45) is 0 Å². The number of carbonyl (C=O) groups excluding carboxylic acids is 1. The van der Waals surface area contributed by atoms with Crippen molar-refractivity contribution in [1.29, 1.82) is 0 Å². The number of thioether (sulfide) groups is 1. The number of hydrogen-bond donors (Lipinski definition) is 1. The molecule has 3 rings (SSSR count). The van der Waals surface area contributed by atoms with Gasteiger partial charge in [0.05, 0.1) is 41.9 Å². The molecular formula is C18H20Cl2N2O3S. The Balaban J connectivity index is 1.58. The summed E-state index contributed by atoms with van der Waals surface area (Å²) in [7, 11) is 0. The van der Waals surface area contributed by atoms with Gasteiger partial charge in [0, 0.05) is 18.0 Å². The summed E-state index contributed by atoms with van der Waals surface area (Å²) in [6.07, 6.45) is 1.90. The molecule has 0 bridgehead atoms. The summed E-state index contributed by atoms with van der Waals surface area (Å²) in [5, 5.41) is 3.71. The molecule has 0 aliphatic carbocycles. The van der Waals surface area contributed by atoms with E-state index in [-0.39, 0.29) is 5.91 Å². The van der Waals surface area contributed by atoms with Crippen LogP contribution in [0, 0.1) is 0 Å². The molecule has 1 saturated heterocycles. The summed E-state index contributed by atoms with van der Waals surface area (Å²) in [6.45, 7) is 4.36. The summed E-state index contributed by atoms with van der Waals surface area (Å²) in [5.41, 5.74) is 0.403. The Labute approximate surface area is 167 Å². The molecule has 1 aromatic heterocycles. The van der Waals surface area contributed by atoms with Gasteiger partial charge >= 0.3 is 0 Å².